The molecule has 2 aliphatic heterocycles. The Morgan fingerprint density at radius 1 is 1.30 bits per heavy atom. The fourth-order valence-corrected chi connectivity index (χ4v) is 4.45. The first-order valence-electron chi connectivity index (χ1n) is 7.78. The fourth-order valence-electron chi connectivity index (χ4n) is 3.15. The van der Waals surface area contributed by atoms with Crippen LogP contribution in [0.25, 0.3) is 0 Å². The zero-order valence-electron chi connectivity index (χ0n) is 14.3. The van der Waals surface area contributed by atoms with Crippen molar-refractivity contribution in [3.63, 3.8) is 0 Å². The number of rotatable bonds is 3. The number of hydrogen-bond acceptors (Lipinski definition) is 3. The highest BCUT2D eigenvalue weighted by Crippen LogP contribution is 2.54. The molecule has 0 aromatic carbocycles. The van der Waals surface area contributed by atoms with Crippen molar-refractivity contribution in [1.29, 1.82) is 0 Å². The van der Waals surface area contributed by atoms with Gasteiger partial charge in [0.15, 0.2) is 14.1 Å². The summed E-state index contributed by atoms with van der Waals surface area (Å²) in [5.74, 6) is 0.399. The van der Waals surface area contributed by atoms with Gasteiger partial charge < -0.3 is 9.16 Å². The summed E-state index contributed by atoms with van der Waals surface area (Å²) < 4.78 is 12.7. The molecular formula is C16H30O3Si. The van der Waals surface area contributed by atoms with Crippen molar-refractivity contribution in [3.8, 4) is 0 Å². The maximum absolute atomic E-state index is 12.9. The minimum Gasteiger partial charge on any atom is -0.404 e. The molecule has 0 unspecified atom stereocenters. The molecule has 0 aromatic heterocycles. The summed E-state index contributed by atoms with van der Waals surface area (Å²) in [6.45, 7) is 17.3. The molecule has 2 heterocycles. The van der Waals surface area contributed by atoms with E-state index in [4.69, 9.17) is 9.16 Å². The van der Waals surface area contributed by atoms with Crippen LogP contribution >= 0.6 is 0 Å². The van der Waals surface area contributed by atoms with Gasteiger partial charge in [0.25, 0.3) is 0 Å². The first-order chi connectivity index (χ1) is 8.86. The Balaban J connectivity index is 2.29. The average Bonchev–Trinajstić information content (AvgIpc) is 2.72. The van der Waals surface area contributed by atoms with Crippen molar-refractivity contribution in [2.75, 3.05) is 0 Å². The number of carbonyl (C=O) groups is 1. The molecule has 116 valence electrons. The van der Waals surface area contributed by atoms with Crippen molar-refractivity contribution in [2.24, 2.45) is 5.92 Å². The number of fused-ring (bicyclic) bond motifs is 2. The molecule has 0 aromatic rings. The molecule has 2 fully saturated rings. The van der Waals surface area contributed by atoms with Crippen molar-refractivity contribution >= 4 is 14.1 Å². The number of hydrogen-bond donors (Lipinski definition) is 0. The predicted octanol–water partition coefficient (Wildman–Crippen LogP) is 3.92. The van der Waals surface area contributed by atoms with Crippen LogP contribution in [0, 0.1) is 5.92 Å². The first kappa shape index (κ1) is 16.2. The van der Waals surface area contributed by atoms with Gasteiger partial charge in [-0.25, -0.2) is 0 Å². The quantitative estimate of drug-likeness (QED) is 0.741. The molecule has 0 radical (unpaired) electrons. The van der Waals surface area contributed by atoms with Crippen LogP contribution in [0.2, 0.25) is 18.1 Å². The number of ether oxygens (including phenoxy) is 1. The second kappa shape index (κ2) is 4.40. The predicted molar refractivity (Wildman–Crippen MR) is 83.4 cm³/mol. The van der Waals surface area contributed by atoms with E-state index in [0.29, 0.717) is 0 Å². The Labute approximate surface area is 124 Å². The summed E-state index contributed by atoms with van der Waals surface area (Å²) in [5, 5.41) is 0.108. The third kappa shape index (κ3) is 2.11. The lowest BCUT2D eigenvalue weighted by molar-refractivity contribution is -0.137. The summed E-state index contributed by atoms with van der Waals surface area (Å²) >= 11 is 0. The van der Waals surface area contributed by atoms with E-state index >= 15 is 0 Å². The van der Waals surface area contributed by atoms with Crippen LogP contribution in [0.5, 0.6) is 0 Å². The molecule has 4 heteroatoms. The highest BCUT2D eigenvalue weighted by atomic mass is 28.4. The Morgan fingerprint density at radius 2 is 1.85 bits per heavy atom. The Hall–Kier alpha value is -0.193. The summed E-state index contributed by atoms with van der Waals surface area (Å²) in [6, 6.07) is 0. The van der Waals surface area contributed by atoms with E-state index in [1.54, 1.807) is 0 Å². The Morgan fingerprint density at radius 3 is 2.25 bits per heavy atom. The van der Waals surface area contributed by atoms with Crippen molar-refractivity contribution in [2.45, 2.75) is 89.8 Å². The van der Waals surface area contributed by atoms with Gasteiger partial charge in [0.05, 0.1) is 5.60 Å². The summed E-state index contributed by atoms with van der Waals surface area (Å²) in [6.07, 6.45) is 1.40. The van der Waals surface area contributed by atoms with E-state index in [2.05, 4.69) is 54.6 Å². The molecule has 3 nitrogen and oxygen atoms in total. The summed E-state index contributed by atoms with van der Waals surface area (Å²) in [7, 11) is -1.96. The molecule has 2 saturated heterocycles. The number of Topliss-reactive ketones (excluding diaryl/α,β-unsaturated/α-hetero) is 1. The molecule has 0 saturated carbocycles. The van der Waals surface area contributed by atoms with E-state index < -0.39 is 19.5 Å². The van der Waals surface area contributed by atoms with Gasteiger partial charge >= 0.3 is 0 Å². The lowest BCUT2D eigenvalue weighted by Gasteiger charge is -2.41. The zero-order chi connectivity index (χ0) is 15.6. The van der Waals surface area contributed by atoms with Crippen LogP contribution in [-0.2, 0) is 14.0 Å². The van der Waals surface area contributed by atoms with Crippen molar-refractivity contribution in [3.05, 3.63) is 0 Å². The van der Waals surface area contributed by atoms with Crippen LogP contribution in [-0.4, -0.2) is 31.4 Å². The number of carbonyl (C=O) groups excluding carboxylic acids is 1. The average molecular weight is 298 g/mol. The molecule has 3 atom stereocenters. The lowest BCUT2D eigenvalue weighted by atomic mass is 9.75. The first-order valence-corrected chi connectivity index (χ1v) is 10.7. The number of ketones is 1. The van der Waals surface area contributed by atoms with Gasteiger partial charge in [0.2, 0.25) is 0 Å². The standard InChI is InChI=1S/C16H30O3Si/c1-11(2)16-10-9-15(6,19-16)13(12(16)17)18-20(7,8)14(3,4)5/h11,13H,9-10H2,1-8H3/t13-,15+,16+/m1/s1. The fraction of sp³-hybridized carbons (Fsp3) is 0.938. The van der Waals surface area contributed by atoms with Crippen molar-refractivity contribution < 1.29 is 14.0 Å². The third-order valence-electron chi connectivity index (χ3n) is 5.77. The van der Waals surface area contributed by atoms with Crippen molar-refractivity contribution in [1.82, 2.24) is 0 Å². The van der Waals surface area contributed by atoms with E-state index in [1.807, 2.05) is 0 Å². The van der Waals surface area contributed by atoms with Crippen LogP contribution in [0.4, 0.5) is 0 Å². The highest BCUT2D eigenvalue weighted by molar-refractivity contribution is 6.74. The van der Waals surface area contributed by atoms with E-state index in [9.17, 15) is 4.79 Å². The maximum atomic E-state index is 12.9. The monoisotopic (exact) mass is 298 g/mol. The third-order valence-corrected chi connectivity index (χ3v) is 10.2. The van der Waals surface area contributed by atoms with Crippen LogP contribution in [0.15, 0.2) is 0 Å². The van der Waals surface area contributed by atoms with E-state index in [-0.39, 0.29) is 22.8 Å². The van der Waals surface area contributed by atoms with Gasteiger partial charge in [-0.15, -0.1) is 0 Å². The Kier molecular flexibility index (Phi) is 3.56. The molecule has 2 rings (SSSR count). The van der Waals surface area contributed by atoms with Gasteiger partial charge in [0, 0.05) is 0 Å². The smallest absolute Gasteiger partial charge is 0.195 e. The van der Waals surface area contributed by atoms with Crippen LogP contribution < -0.4 is 0 Å². The minimum absolute atomic E-state index is 0.108. The molecule has 0 aliphatic carbocycles. The summed E-state index contributed by atoms with van der Waals surface area (Å²) in [4.78, 5) is 12.9. The highest BCUT2D eigenvalue weighted by Gasteiger charge is 2.67. The maximum Gasteiger partial charge on any atom is 0.195 e. The lowest BCUT2D eigenvalue weighted by Crippen LogP contribution is -2.54. The zero-order valence-corrected chi connectivity index (χ0v) is 15.3. The molecule has 0 N–H and O–H groups in total. The minimum atomic E-state index is -1.96. The molecule has 20 heavy (non-hydrogen) atoms. The Bertz CT molecular complexity index is 424. The van der Waals surface area contributed by atoms with E-state index in [0.717, 1.165) is 12.8 Å². The molecule has 0 amide bonds. The van der Waals surface area contributed by atoms with Gasteiger partial charge in [0.1, 0.15) is 11.7 Å². The van der Waals surface area contributed by atoms with E-state index in [1.165, 1.54) is 0 Å². The SMILES string of the molecule is CC(C)[C@]12CC[C@](C)(O1)[C@H](O[Si](C)(C)C(C)(C)C)C2=O. The normalized spacial score (nSPS) is 38.0. The second-order valence-corrected chi connectivity index (χ2v) is 13.3. The molecule has 2 bridgehead atoms. The van der Waals surface area contributed by atoms with Crippen LogP contribution in [0.3, 0.4) is 0 Å². The van der Waals surface area contributed by atoms with Gasteiger partial charge in [-0.2, -0.15) is 0 Å². The molecule has 0 spiro atoms. The van der Waals surface area contributed by atoms with Gasteiger partial charge in [-0.3, -0.25) is 4.79 Å². The molecule has 2 aliphatic rings. The second-order valence-electron chi connectivity index (χ2n) is 8.58. The molecular weight excluding hydrogens is 268 g/mol. The van der Waals surface area contributed by atoms with Crippen LogP contribution in [0.1, 0.15) is 54.4 Å². The largest absolute Gasteiger partial charge is 0.404 e. The van der Waals surface area contributed by atoms with Gasteiger partial charge in [-0.05, 0) is 43.8 Å². The summed E-state index contributed by atoms with van der Waals surface area (Å²) in [5.41, 5.74) is -1.02. The van der Waals surface area contributed by atoms with Gasteiger partial charge in [-0.1, -0.05) is 34.6 Å². The topological polar surface area (TPSA) is 35.5 Å².